The van der Waals surface area contributed by atoms with Gasteiger partial charge in [0, 0.05) is 37.3 Å². The normalized spacial score (nSPS) is 15.1. The van der Waals surface area contributed by atoms with Crippen molar-refractivity contribution in [2.24, 2.45) is 0 Å². The van der Waals surface area contributed by atoms with Crippen LogP contribution in [0.15, 0.2) is 34.3 Å². The molecule has 0 aromatic carbocycles. The second-order valence-corrected chi connectivity index (χ2v) is 8.62. The van der Waals surface area contributed by atoms with Crippen LogP contribution >= 0.6 is 11.3 Å². The molecule has 0 radical (unpaired) electrons. The van der Waals surface area contributed by atoms with Crippen molar-refractivity contribution >= 4 is 23.2 Å². The maximum Gasteiger partial charge on any atom is 0.263 e. The molecule has 3 aromatic heterocycles. The number of thiophene rings is 1. The van der Waals surface area contributed by atoms with Crippen molar-refractivity contribution in [2.75, 3.05) is 18.4 Å². The van der Waals surface area contributed by atoms with Crippen LogP contribution in [0.1, 0.15) is 53.7 Å². The summed E-state index contributed by atoms with van der Waals surface area (Å²) in [5.74, 6) is 1.66. The van der Waals surface area contributed by atoms with E-state index in [1.54, 1.807) is 0 Å². The summed E-state index contributed by atoms with van der Waals surface area (Å²) in [5, 5.41) is 9.24. The first kappa shape index (κ1) is 19.6. The zero-order valence-corrected chi connectivity index (χ0v) is 17.7. The van der Waals surface area contributed by atoms with Gasteiger partial charge in [0.1, 0.15) is 0 Å². The third-order valence-electron chi connectivity index (χ3n) is 5.03. The summed E-state index contributed by atoms with van der Waals surface area (Å²) in [7, 11) is 0. The standard InChI is InChI=1S/C21H25N5O2S/c1-13(2)23-21-22-12-16(17-11-14(3)25-28-17)19(24-21)15-6-8-26(9-7-15)20(27)18-5-4-10-29-18/h4-5,10-13,15H,6-9H2,1-3H3,(H,22,23,24). The van der Waals surface area contributed by atoms with Crippen LogP contribution in [0, 0.1) is 6.92 Å². The number of aryl methyl sites for hydroxylation is 1. The smallest absolute Gasteiger partial charge is 0.263 e. The van der Waals surface area contributed by atoms with E-state index in [4.69, 9.17) is 9.51 Å². The number of rotatable bonds is 5. The van der Waals surface area contributed by atoms with Gasteiger partial charge in [0.2, 0.25) is 5.95 Å². The molecule has 4 rings (SSSR count). The lowest BCUT2D eigenvalue weighted by molar-refractivity contribution is 0.0717. The zero-order chi connectivity index (χ0) is 20.4. The van der Waals surface area contributed by atoms with E-state index in [-0.39, 0.29) is 17.9 Å². The largest absolute Gasteiger partial charge is 0.356 e. The highest BCUT2D eigenvalue weighted by atomic mass is 32.1. The number of anilines is 1. The molecule has 0 spiro atoms. The summed E-state index contributed by atoms with van der Waals surface area (Å²) in [6.45, 7) is 7.45. The van der Waals surface area contributed by atoms with Gasteiger partial charge in [-0.1, -0.05) is 11.2 Å². The number of likely N-dealkylation sites (tertiary alicyclic amines) is 1. The first-order chi connectivity index (χ1) is 14.0. The van der Waals surface area contributed by atoms with E-state index in [2.05, 4.69) is 29.3 Å². The number of amides is 1. The summed E-state index contributed by atoms with van der Waals surface area (Å²) in [4.78, 5) is 24.7. The Morgan fingerprint density at radius 1 is 1.34 bits per heavy atom. The topological polar surface area (TPSA) is 84.2 Å². The lowest BCUT2D eigenvalue weighted by Crippen LogP contribution is -2.37. The molecule has 1 N–H and O–H groups in total. The van der Waals surface area contributed by atoms with Gasteiger partial charge in [0.15, 0.2) is 5.76 Å². The van der Waals surface area contributed by atoms with Crippen LogP contribution in [0.25, 0.3) is 11.3 Å². The monoisotopic (exact) mass is 411 g/mol. The second-order valence-electron chi connectivity index (χ2n) is 7.67. The Morgan fingerprint density at radius 3 is 2.76 bits per heavy atom. The number of hydrogen-bond donors (Lipinski definition) is 1. The second kappa shape index (κ2) is 8.32. The van der Waals surface area contributed by atoms with Gasteiger partial charge in [-0.15, -0.1) is 11.3 Å². The molecule has 0 aliphatic carbocycles. The summed E-state index contributed by atoms with van der Waals surface area (Å²) < 4.78 is 5.50. The number of piperidine rings is 1. The molecule has 152 valence electrons. The summed E-state index contributed by atoms with van der Waals surface area (Å²) >= 11 is 1.49. The van der Waals surface area contributed by atoms with Crippen LogP contribution in [0.4, 0.5) is 5.95 Å². The number of hydrogen-bond acceptors (Lipinski definition) is 7. The molecule has 29 heavy (non-hydrogen) atoms. The van der Waals surface area contributed by atoms with E-state index in [1.807, 2.05) is 41.6 Å². The van der Waals surface area contributed by atoms with Crippen LogP contribution in [-0.4, -0.2) is 45.1 Å². The van der Waals surface area contributed by atoms with Crippen molar-refractivity contribution in [3.8, 4) is 11.3 Å². The van der Waals surface area contributed by atoms with Gasteiger partial charge in [-0.3, -0.25) is 4.79 Å². The van der Waals surface area contributed by atoms with Crippen molar-refractivity contribution < 1.29 is 9.32 Å². The maximum absolute atomic E-state index is 12.6. The molecule has 0 bridgehead atoms. The molecule has 8 heteroatoms. The van der Waals surface area contributed by atoms with E-state index in [0.717, 1.165) is 34.7 Å². The van der Waals surface area contributed by atoms with Gasteiger partial charge in [-0.25, -0.2) is 9.97 Å². The van der Waals surface area contributed by atoms with E-state index in [9.17, 15) is 4.79 Å². The number of carbonyl (C=O) groups excluding carboxylic acids is 1. The number of aromatic nitrogens is 3. The lowest BCUT2D eigenvalue weighted by Gasteiger charge is -2.32. The van der Waals surface area contributed by atoms with Crippen molar-refractivity contribution in [3.63, 3.8) is 0 Å². The molecule has 0 atom stereocenters. The lowest BCUT2D eigenvalue weighted by atomic mass is 9.90. The molecule has 4 heterocycles. The highest BCUT2D eigenvalue weighted by Gasteiger charge is 2.29. The Kier molecular flexibility index (Phi) is 5.62. The molecular weight excluding hydrogens is 386 g/mol. The molecule has 1 aliphatic heterocycles. The fraction of sp³-hybridized carbons (Fsp3) is 0.429. The van der Waals surface area contributed by atoms with E-state index in [0.29, 0.717) is 24.8 Å². The third kappa shape index (κ3) is 4.32. The number of nitrogens with zero attached hydrogens (tertiary/aromatic N) is 4. The minimum absolute atomic E-state index is 0.120. The Labute approximate surface area is 174 Å². The first-order valence-electron chi connectivity index (χ1n) is 9.91. The van der Waals surface area contributed by atoms with Crippen molar-refractivity contribution in [3.05, 3.63) is 46.0 Å². The number of nitrogens with one attached hydrogen (secondary N) is 1. The Hall–Kier alpha value is -2.74. The Bertz CT molecular complexity index is 975. The van der Waals surface area contributed by atoms with Gasteiger partial charge in [-0.2, -0.15) is 0 Å². The Morgan fingerprint density at radius 2 is 2.14 bits per heavy atom. The van der Waals surface area contributed by atoms with Gasteiger partial charge in [0.05, 0.1) is 21.8 Å². The molecule has 0 saturated carbocycles. The fourth-order valence-corrected chi connectivity index (χ4v) is 4.32. The van der Waals surface area contributed by atoms with Crippen LogP contribution in [0.2, 0.25) is 0 Å². The van der Waals surface area contributed by atoms with Crippen LogP contribution in [0.3, 0.4) is 0 Å². The van der Waals surface area contributed by atoms with E-state index in [1.165, 1.54) is 11.3 Å². The minimum atomic E-state index is 0.120. The van der Waals surface area contributed by atoms with Crippen molar-refractivity contribution in [2.45, 2.75) is 45.6 Å². The van der Waals surface area contributed by atoms with Crippen LogP contribution < -0.4 is 5.32 Å². The quantitative estimate of drug-likeness (QED) is 0.672. The molecular formula is C21H25N5O2S. The molecule has 3 aromatic rings. The molecule has 1 amide bonds. The molecule has 1 saturated heterocycles. The average molecular weight is 412 g/mol. The summed E-state index contributed by atoms with van der Waals surface area (Å²) in [6, 6.07) is 5.96. The average Bonchev–Trinajstić information content (AvgIpc) is 3.39. The highest BCUT2D eigenvalue weighted by molar-refractivity contribution is 7.12. The molecule has 1 fully saturated rings. The number of carbonyl (C=O) groups is 1. The highest BCUT2D eigenvalue weighted by Crippen LogP contribution is 2.35. The third-order valence-corrected chi connectivity index (χ3v) is 5.89. The predicted molar refractivity (Wildman–Crippen MR) is 113 cm³/mol. The van der Waals surface area contributed by atoms with E-state index >= 15 is 0 Å². The van der Waals surface area contributed by atoms with Crippen LogP contribution in [-0.2, 0) is 0 Å². The Balaban J connectivity index is 1.57. The van der Waals surface area contributed by atoms with Crippen molar-refractivity contribution in [1.29, 1.82) is 0 Å². The summed E-state index contributed by atoms with van der Waals surface area (Å²) in [6.07, 6.45) is 3.53. The van der Waals surface area contributed by atoms with E-state index < -0.39 is 0 Å². The molecule has 0 unspecified atom stereocenters. The zero-order valence-electron chi connectivity index (χ0n) is 16.9. The van der Waals surface area contributed by atoms with Gasteiger partial charge >= 0.3 is 0 Å². The van der Waals surface area contributed by atoms with Gasteiger partial charge in [-0.05, 0) is 45.1 Å². The predicted octanol–water partition coefficient (Wildman–Crippen LogP) is 4.34. The minimum Gasteiger partial charge on any atom is -0.356 e. The van der Waals surface area contributed by atoms with Gasteiger partial charge < -0.3 is 14.7 Å². The fourth-order valence-electron chi connectivity index (χ4n) is 3.63. The summed E-state index contributed by atoms with van der Waals surface area (Å²) in [5.41, 5.74) is 2.66. The SMILES string of the molecule is Cc1cc(-c2cnc(NC(C)C)nc2C2CCN(C(=O)c3cccs3)CC2)on1. The van der Waals surface area contributed by atoms with Crippen molar-refractivity contribution in [1.82, 2.24) is 20.0 Å². The molecule has 1 aliphatic rings. The first-order valence-corrected chi connectivity index (χ1v) is 10.8. The maximum atomic E-state index is 12.6. The van der Waals surface area contributed by atoms with Crippen LogP contribution in [0.5, 0.6) is 0 Å². The molecule has 7 nitrogen and oxygen atoms in total. The van der Waals surface area contributed by atoms with Gasteiger partial charge in [0.25, 0.3) is 5.91 Å².